The molecule has 28 heteroatoms. The number of nitrogens with one attached hydrogen (secondary N) is 2. The number of carbonyl (C=O) groups excluding carboxylic acids is 2. The molecule has 6 N–H and O–H groups in total. The first kappa shape index (κ1) is 80.7. The predicted molar refractivity (Wildman–Crippen MR) is 400 cm³/mol. The SMILES string of the molecule is CN(C)c1cc(B2OC(C)(C)C(C)(C)O2)cc(C(=O)O)c1.COc1c(CN2O[C@@H](CN=[N+]=[N-])[C@@H]([C@H](C)O)[C@H]2C(=O)N[C@H]2C[C@H]3C[C@@H]([C@@H]2C)C3(C)C)cccc1-c1cc(C(=O)O)cc(N(C)C)c1.COc1c(I)cccc1CN(CC(=O)N[C@H]1C[C@H]2C[C@@H]([C@@H]1C)C2(C)C)O[C@@H](CN=[N+]=[N-])C[C@H](C)O. The molecule has 0 unspecified atom stereocenters. The number of benzene rings is 4. The van der Waals surface area contributed by atoms with Gasteiger partial charge in [-0.15, -0.1) is 0 Å². The van der Waals surface area contributed by atoms with Crippen LogP contribution in [-0.4, -0.2) is 177 Å². The van der Waals surface area contributed by atoms with E-state index in [2.05, 4.69) is 94.8 Å². The van der Waals surface area contributed by atoms with Crippen molar-refractivity contribution in [1.82, 2.24) is 20.8 Å². The van der Waals surface area contributed by atoms with Crippen molar-refractivity contribution < 1.29 is 68.1 Å². The zero-order valence-corrected chi connectivity index (χ0v) is 64.5. The summed E-state index contributed by atoms with van der Waals surface area (Å²) in [7, 11) is 10.0. The number of fused-ring (bicyclic) bond motifs is 4. The van der Waals surface area contributed by atoms with Gasteiger partial charge in [0.25, 0.3) is 0 Å². The van der Waals surface area contributed by atoms with Crippen LogP contribution in [0.2, 0.25) is 0 Å². The Labute approximate surface area is 614 Å². The van der Waals surface area contributed by atoms with E-state index in [1.807, 2.05) is 114 Å². The number of hydrogen-bond donors (Lipinski definition) is 6. The molecule has 2 saturated heterocycles. The average molecular weight is 1530 g/mol. The molecule has 4 aromatic carbocycles. The molecule has 0 aromatic heterocycles. The van der Waals surface area contributed by atoms with Crippen LogP contribution >= 0.6 is 22.6 Å². The molecule has 102 heavy (non-hydrogen) atoms. The van der Waals surface area contributed by atoms with Gasteiger partial charge < -0.3 is 59.6 Å². The summed E-state index contributed by atoms with van der Waals surface area (Å²) in [4.78, 5) is 72.5. The molecule has 2 heterocycles. The first-order valence-electron chi connectivity index (χ1n) is 35.1. The van der Waals surface area contributed by atoms with Gasteiger partial charge in [0.1, 0.15) is 24.1 Å². The number of hydrogen-bond acceptors (Lipinski definition) is 18. The lowest BCUT2D eigenvalue weighted by Gasteiger charge is -2.62. The molecular formula is C74H106BIN12O14. The molecule has 8 aliphatic rings. The van der Waals surface area contributed by atoms with Gasteiger partial charge in [-0.1, -0.05) is 82.1 Å². The smallest absolute Gasteiger partial charge is 0.494 e. The number of para-hydroxylation sites is 2. The number of hydroxylamine groups is 4. The molecule has 2 amide bonds. The number of aromatic carboxylic acids is 2. The lowest BCUT2D eigenvalue weighted by atomic mass is 9.45. The maximum Gasteiger partial charge on any atom is 0.494 e. The van der Waals surface area contributed by atoms with E-state index in [0.717, 1.165) is 44.6 Å². The van der Waals surface area contributed by atoms with Gasteiger partial charge in [0, 0.05) is 90.5 Å². The number of aliphatic hydroxyl groups is 2. The maximum atomic E-state index is 14.2. The van der Waals surface area contributed by atoms with E-state index < -0.39 is 66.6 Å². The van der Waals surface area contributed by atoms with E-state index in [0.29, 0.717) is 69.9 Å². The van der Waals surface area contributed by atoms with Crippen LogP contribution in [-0.2, 0) is 41.7 Å². The van der Waals surface area contributed by atoms with E-state index in [1.165, 1.54) is 12.8 Å². The second-order valence-corrected chi connectivity index (χ2v) is 32.3. The molecule has 12 rings (SSSR count). The van der Waals surface area contributed by atoms with Gasteiger partial charge in [0.15, 0.2) is 0 Å². The number of anilines is 2. The van der Waals surface area contributed by atoms with Gasteiger partial charge in [-0.2, -0.15) is 10.1 Å². The van der Waals surface area contributed by atoms with Crippen molar-refractivity contribution in [3.63, 3.8) is 0 Å². The summed E-state index contributed by atoms with van der Waals surface area (Å²) in [6, 6.07) is 21.0. The molecule has 6 saturated carbocycles. The van der Waals surface area contributed by atoms with E-state index >= 15 is 0 Å². The number of carboxylic acid groups (broad SMARTS) is 2. The summed E-state index contributed by atoms with van der Waals surface area (Å²) in [6.45, 7) is 25.4. The molecule has 14 atom stereocenters. The number of methoxy groups -OCH3 is 2. The third-order valence-corrected chi connectivity index (χ3v) is 23.8. The minimum atomic E-state index is -1.04. The number of azide groups is 2. The molecular weight excluding hydrogens is 1420 g/mol. The summed E-state index contributed by atoms with van der Waals surface area (Å²) in [6.07, 6.45) is 1.78. The van der Waals surface area contributed by atoms with Crippen molar-refractivity contribution in [2.24, 2.45) is 62.5 Å². The Kier molecular flexibility index (Phi) is 26.5. The van der Waals surface area contributed by atoms with E-state index in [9.17, 15) is 39.6 Å². The molecule has 2 aliphatic heterocycles. The molecule has 4 bridgehead atoms. The number of ether oxygens (including phenoxy) is 2. The van der Waals surface area contributed by atoms with Crippen LogP contribution in [0.3, 0.4) is 0 Å². The van der Waals surface area contributed by atoms with Crippen LogP contribution in [0.15, 0.2) is 83.0 Å². The lowest BCUT2D eigenvalue weighted by Crippen LogP contribution is -2.62. The number of aliphatic hydroxyl groups excluding tert-OH is 2. The third-order valence-electron chi connectivity index (χ3n) is 22.9. The fourth-order valence-corrected chi connectivity index (χ4v) is 16.9. The van der Waals surface area contributed by atoms with Crippen molar-refractivity contribution in [3.05, 3.63) is 120 Å². The highest BCUT2D eigenvalue weighted by Gasteiger charge is 2.59. The second-order valence-electron chi connectivity index (χ2n) is 31.1. The van der Waals surface area contributed by atoms with Crippen molar-refractivity contribution in [3.8, 4) is 22.6 Å². The van der Waals surface area contributed by atoms with Gasteiger partial charge in [-0.3, -0.25) is 19.3 Å². The fraction of sp³-hybridized carbons (Fsp3) is 0.622. The Morgan fingerprint density at radius 3 is 1.78 bits per heavy atom. The normalized spacial score (nSPS) is 26.1. The van der Waals surface area contributed by atoms with Crippen molar-refractivity contribution in [2.45, 2.75) is 182 Å². The third kappa shape index (κ3) is 18.2. The van der Waals surface area contributed by atoms with Gasteiger partial charge >= 0.3 is 19.1 Å². The topological polar surface area (TPSA) is 339 Å². The van der Waals surface area contributed by atoms with Crippen LogP contribution < -0.4 is 35.4 Å². The monoisotopic (exact) mass is 1520 g/mol. The van der Waals surface area contributed by atoms with Crippen molar-refractivity contribution in [2.75, 3.05) is 71.8 Å². The Bertz CT molecular complexity index is 3740. The van der Waals surface area contributed by atoms with Crippen LogP contribution in [0, 0.1) is 55.8 Å². The Morgan fingerprint density at radius 1 is 0.735 bits per heavy atom. The molecule has 6 aliphatic carbocycles. The summed E-state index contributed by atoms with van der Waals surface area (Å²) >= 11 is 2.21. The molecule has 4 aromatic rings. The average Bonchev–Trinajstić information content (AvgIpc) is 0.931. The maximum absolute atomic E-state index is 14.2. The zero-order chi connectivity index (χ0) is 75.2. The summed E-state index contributed by atoms with van der Waals surface area (Å²) in [5.74, 6) is 1.36. The molecule has 8 fully saturated rings. The summed E-state index contributed by atoms with van der Waals surface area (Å²) in [5.41, 5.74) is 23.1. The Balaban J connectivity index is 0.000000208. The van der Waals surface area contributed by atoms with Gasteiger partial charge in [-0.05, 0) is 201 Å². The molecule has 556 valence electrons. The van der Waals surface area contributed by atoms with E-state index in [1.54, 1.807) is 62.5 Å². The first-order chi connectivity index (χ1) is 47.9. The number of nitrogens with zero attached hydrogens (tertiary/aromatic N) is 10. The standard InChI is InChI=1S/C34H46N6O6.C25H38IN5O4.C15H22BNO4/c1-18-26-14-23(34(26,3)4)15-27(18)37-32(42)30-29(19(2)41)28(16-36-38-35)46-40(30)17-20-9-8-10-25(31(20)45-7)21-11-22(33(43)44)13-24(12-21)39(5)6;1-15(32)9-19(12-28-30-27)35-31(13-17-7-6-8-21(26)24(17)34-5)14-23(33)29-22-11-18-10-20(16(22)2)25(18,3)4;1-14(2)15(3,4)21-16(20-14)11-7-10(13(18)19)8-12(9-11)17(5)6/h8-13,18-19,23,26-30,41H,14-17H2,1-7H3,(H,37,42)(H,43,44);6-8,15-16,18-20,22,32H,9-14H2,1-5H3,(H,29,33);7-9H,1-6H3,(H,18,19)/t18-,19-,23+,26-,27-,28-,29+,30-;15-,16-,18+,19+,20-,22-;/m00./s1. The first-order valence-corrected chi connectivity index (χ1v) is 36.2. The minimum absolute atomic E-state index is 0.0159. The molecule has 26 nitrogen and oxygen atoms in total. The van der Waals surface area contributed by atoms with Gasteiger partial charge in [0.2, 0.25) is 11.8 Å². The van der Waals surface area contributed by atoms with E-state index in [-0.39, 0.29) is 73.0 Å². The van der Waals surface area contributed by atoms with Crippen LogP contribution in [0.4, 0.5) is 11.4 Å². The number of carbonyl (C=O) groups is 4. The predicted octanol–water partition coefficient (Wildman–Crippen LogP) is 11.5. The minimum Gasteiger partial charge on any atom is -0.496 e. The quantitative estimate of drug-likeness (QED) is 0.00849. The molecule has 0 radical (unpaired) electrons. The summed E-state index contributed by atoms with van der Waals surface area (Å²) < 4.78 is 24.4. The second kappa shape index (κ2) is 33.4. The number of amides is 2. The number of carboxylic acids is 2. The van der Waals surface area contributed by atoms with Gasteiger partial charge in [-0.25, -0.2) is 9.59 Å². The lowest BCUT2D eigenvalue weighted by molar-refractivity contribution is -0.208. The molecule has 0 spiro atoms. The van der Waals surface area contributed by atoms with Gasteiger partial charge in [0.05, 0.1) is 90.7 Å². The summed E-state index contributed by atoms with van der Waals surface area (Å²) in [5, 5.41) is 57.0. The Hall–Kier alpha value is -6.95. The fourth-order valence-electron chi connectivity index (χ4n) is 16.1. The number of halogens is 1. The van der Waals surface area contributed by atoms with E-state index in [4.69, 9.17) is 39.5 Å². The van der Waals surface area contributed by atoms with Crippen molar-refractivity contribution in [1.29, 1.82) is 0 Å². The number of rotatable bonds is 26. The van der Waals surface area contributed by atoms with Crippen LogP contribution in [0.25, 0.3) is 32.0 Å². The highest BCUT2D eigenvalue weighted by molar-refractivity contribution is 14.1. The highest BCUT2D eigenvalue weighted by atomic mass is 127. The Morgan fingerprint density at radius 2 is 1.27 bits per heavy atom. The highest BCUT2D eigenvalue weighted by Crippen LogP contribution is 2.62. The van der Waals surface area contributed by atoms with Crippen LogP contribution in [0.1, 0.15) is 147 Å². The van der Waals surface area contributed by atoms with Crippen molar-refractivity contribution >= 4 is 70.3 Å². The van der Waals surface area contributed by atoms with Crippen LogP contribution in [0.5, 0.6) is 11.5 Å². The zero-order valence-electron chi connectivity index (χ0n) is 62.4. The largest absolute Gasteiger partial charge is 0.496 e.